The van der Waals surface area contributed by atoms with Crippen molar-refractivity contribution in [2.45, 2.75) is 18.9 Å². The van der Waals surface area contributed by atoms with Crippen LogP contribution in [-0.4, -0.2) is 32.2 Å². The molecule has 0 fully saturated rings. The SMILES string of the molecule is COc1ccc(C2CN(C)Cc3c2ccc2c3CCO2)cc1. The summed E-state index contributed by atoms with van der Waals surface area (Å²) in [5.41, 5.74) is 5.71. The third-order valence-electron chi connectivity index (χ3n) is 4.85. The van der Waals surface area contributed by atoms with Crippen LogP contribution in [0.15, 0.2) is 36.4 Å². The number of methoxy groups -OCH3 is 1. The van der Waals surface area contributed by atoms with Crippen molar-refractivity contribution in [2.75, 3.05) is 27.3 Å². The minimum Gasteiger partial charge on any atom is -0.497 e. The average Bonchev–Trinajstić information content (AvgIpc) is 3.03. The molecule has 4 rings (SSSR count). The summed E-state index contributed by atoms with van der Waals surface area (Å²) in [6.45, 7) is 2.90. The van der Waals surface area contributed by atoms with E-state index in [1.54, 1.807) is 7.11 Å². The summed E-state index contributed by atoms with van der Waals surface area (Å²) < 4.78 is 11.0. The zero-order valence-electron chi connectivity index (χ0n) is 13.1. The van der Waals surface area contributed by atoms with Crippen molar-refractivity contribution in [1.29, 1.82) is 0 Å². The van der Waals surface area contributed by atoms with E-state index in [1.807, 2.05) is 0 Å². The van der Waals surface area contributed by atoms with E-state index >= 15 is 0 Å². The molecule has 2 aromatic rings. The summed E-state index contributed by atoms with van der Waals surface area (Å²) in [6, 6.07) is 12.9. The van der Waals surface area contributed by atoms with Crippen LogP contribution in [0.25, 0.3) is 0 Å². The van der Waals surface area contributed by atoms with Gasteiger partial charge in [-0.1, -0.05) is 18.2 Å². The van der Waals surface area contributed by atoms with Crippen LogP contribution in [0.1, 0.15) is 28.2 Å². The van der Waals surface area contributed by atoms with Gasteiger partial charge in [0.25, 0.3) is 0 Å². The standard InChI is InChI=1S/C19H21NO2/c1-20-11-17(13-3-5-14(21-2)6-4-13)15-7-8-19-16(9-10-22-19)18(15)12-20/h3-8,17H,9-12H2,1-2H3. The molecule has 2 aliphatic rings. The molecule has 0 saturated carbocycles. The Morgan fingerprint density at radius 3 is 2.68 bits per heavy atom. The van der Waals surface area contributed by atoms with Crippen molar-refractivity contribution in [3.63, 3.8) is 0 Å². The number of nitrogens with zero attached hydrogens (tertiary/aromatic N) is 1. The number of likely N-dealkylation sites (N-methyl/N-ethyl adjacent to an activating group) is 1. The van der Waals surface area contributed by atoms with Gasteiger partial charge in [0.2, 0.25) is 0 Å². The number of benzene rings is 2. The lowest BCUT2D eigenvalue weighted by atomic mass is 9.82. The summed E-state index contributed by atoms with van der Waals surface area (Å²) in [7, 11) is 3.91. The lowest BCUT2D eigenvalue weighted by molar-refractivity contribution is 0.294. The molecule has 1 unspecified atom stereocenters. The van der Waals surface area contributed by atoms with E-state index in [9.17, 15) is 0 Å². The Morgan fingerprint density at radius 2 is 1.91 bits per heavy atom. The first-order chi connectivity index (χ1) is 10.8. The first kappa shape index (κ1) is 13.6. The number of rotatable bonds is 2. The second-order valence-corrected chi connectivity index (χ2v) is 6.23. The maximum absolute atomic E-state index is 5.74. The summed E-state index contributed by atoms with van der Waals surface area (Å²) in [5.74, 6) is 2.42. The highest BCUT2D eigenvalue weighted by molar-refractivity contribution is 5.52. The molecule has 0 radical (unpaired) electrons. The molecule has 0 saturated heterocycles. The van der Waals surface area contributed by atoms with Crippen molar-refractivity contribution in [1.82, 2.24) is 4.90 Å². The van der Waals surface area contributed by atoms with Crippen LogP contribution < -0.4 is 9.47 Å². The van der Waals surface area contributed by atoms with Crippen LogP contribution in [0.2, 0.25) is 0 Å². The third-order valence-corrected chi connectivity index (χ3v) is 4.85. The van der Waals surface area contributed by atoms with Gasteiger partial charge in [0, 0.05) is 31.0 Å². The monoisotopic (exact) mass is 295 g/mol. The summed E-state index contributed by atoms with van der Waals surface area (Å²) in [6.07, 6.45) is 1.04. The van der Waals surface area contributed by atoms with Crippen LogP contribution in [0.5, 0.6) is 11.5 Å². The van der Waals surface area contributed by atoms with Crippen molar-refractivity contribution in [3.05, 3.63) is 58.7 Å². The molecule has 0 bridgehead atoms. The molecular weight excluding hydrogens is 274 g/mol. The van der Waals surface area contributed by atoms with Gasteiger partial charge in [-0.2, -0.15) is 0 Å². The van der Waals surface area contributed by atoms with Crippen LogP contribution in [0.3, 0.4) is 0 Å². The lowest BCUT2D eigenvalue weighted by Gasteiger charge is -2.33. The Balaban J connectivity index is 1.78. The van der Waals surface area contributed by atoms with E-state index < -0.39 is 0 Å². The minimum absolute atomic E-state index is 0.422. The molecule has 3 nitrogen and oxygen atoms in total. The molecule has 2 aliphatic heterocycles. The fourth-order valence-corrected chi connectivity index (χ4v) is 3.74. The van der Waals surface area contributed by atoms with Gasteiger partial charge in [0.15, 0.2) is 0 Å². The zero-order valence-corrected chi connectivity index (χ0v) is 13.1. The maximum atomic E-state index is 5.74. The second-order valence-electron chi connectivity index (χ2n) is 6.23. The fraction of sp³-hybridized carbons (Fsp3) is 0.368. The molecule has 1 atom stereocenters. The second kappa shape index (κ2) is 5.33. The van der Waals surface area contributed by atoms with Crippen molar-refractivity contribution >= 4 is 0 Å². The van der Waals surface area contributed by atoms with Gasteiger partial charge in [0.05, 0.1) is 13.7 Å². The van der Waals surface area contributed by atoms with E-state index in [1.165, 1.54) is 22.3 Å². The first-order valence-corrected chi connectivity index (χ1v) is 7.86. The van der Waals surface area contributed by atoms with E-state index in [2.05, 4.69) is 48.3 Å². The van der Waals surface area contributed by atoms with E-state index in [0.717, 1.165) is 37.6 Å². The number of hydrogen-bond acceptors (Lipinski definition) is 3. The highest BCUT2D eigenvalue weighted by atomic mass is 16.5. The number of hydrogen-bond donors (Lipinski definition) is 0. The molecule has 0 N–H and O–H groups in total. The Labute approximate surface area is 131 Å². The summed E-state index contributed by atoms with van der Waals surface area (Å²) in [5, 5.41) is 0. The number of fused-ring (bicyclic) bond motifs is 3. The minimum atomic E-state index is 0.422. The quantitative estimate of drug-likeness (QED) is 0.849. The number of ether oxygens (including phenoxy) is 2. The van der Waals surface area contributed by atoms with Crippen LogP contribution >= 0.6 is 0 Å². The lowest BCUT2D eigenvalue weighted by Crippen LogP contribution is -2.31. The predicted molar refractivity (Wildman–Crippen MR) is 86.8 cm³/mol. The van der Waals surface area contributed by atoms with Gasteiger partial charge in [-0.25, -0.2) is 0 Å². The fourth-order valence-electron chi connectivity index (χ4n) is 3.74. The molecule has 3 heteroatoms. The largest absolute Gasteiger partial charge is 0.497 e. The normalized spacial score (nSPS) is 20.2. The average molecular weight is 295 g/mol. The summed E-state index contributed by atoms with van der Waals surface area (Å²) >= 11 is 0. The Morgan fingerprint density at radius 1 is 1.09 bits per heavy atom. The van der Waals surface area contributed by atoms with Crippen LogP contribution in [-0.2, 0) is 13.0 Å². The first-order valence-electron chi connectivity index (χ1n) is 7.86. The smallest absolute Gasteiger partial charge is 0.122 e. The van der Waals surface area contributed by atoms with Crippen molar-refractivity contribution in [3.8, 4) is 11.5 Å². The molecule has 0 aliphatic carbocycles. The Hall–Kier alpha value is -2.00. The van der Waals surface area contributed by atoms with Crippen LogP contribution in [0, 0.1) is 0 Å². The van der Waals surface area contributed by atoms with Crippen molar-refractivity contribution < 1.29 is 9.47 Å². The predicted octanol–water partition coefficient (Wildman–Crippen LogP) is 3.21. The van der Waals surface area contributed by atoms with Gasteiger partial charge in [0.1, 0.15) is 11.5 Å². The van der Waals surface area contributed by atoms with Gasteiger partial charge >= 0.3 is 0 Å². The van der Waals surface area contributed by atoms with E-state index in [4.69, 9.17) is 9.47 Å². The summed E-state index contributed by atoms with van der Waals surface area (Å²) in [4.78, 5) is 2.41. The zero-order chi connectivity index (χ0) is 15.1. The Kier molecular flexibility index (Phi) is 3.30. The molecule has 0 spiro atoms. The molecule has 0 amide bonds. The molecule has 2 aromatic carbocycles. The topological polar surface area (TPSA) is 21.7 Å². The van der Waals surface area contributed by atoms with Gasteiger partial charge in [-0.3, -0.25) is 0 Å². The van der Waals surface area contributed by atoms with Gasteiger partial charge in [-0.05, 0) is 41.9 Å². The highest BCUT2D eigenvalue weighted by Gasteiger charge is 2.29. The van der Waals surface area contributed by atoms with E-state index in [0.29, 0.717) is 5.92 Å². The van der Waals surface area contributed by atoms with Crippen molar-refractivity contribution in [2.24, 2.45) is 0 Å². The molecule has 0 aromatic heterocycles. The van der Waals surface area contributed by atoms with Gasteiger partial charge < -0.3 is 14.4 Å². The molecular formula is C19H21NO2. The van der Waals surface area contributed by atoms with Gasteiger partial charge in [-0.15, -0.1) is 0 Å². The maximum Gasteiger partial charge on any atom is 0.122 e. The molecule has 114 valence electrons. The Bertz CT molecular complexity index is 693. The highest BCUT2D eigenvalue weighted by Crippen LogP contribution is 2.40. The van der Waals surface area contributed by atoms with Crippen LogP contribution in [0.4, 0.5) is 0 Å². The van der Waals surface area contributed by atoms with E-state index in [-0.39, 0.29) is 0 Å². The molecule has 22 heavy (non-hydrogen) atoms. The third kappa shape index (κ3) is 2.17. The molecule has 2 heterocycles.